The Balaban J connectivity index is 1.54. The van der Waals surface area contributed by atoms with Crippen LogP contribution in [0.25, 0.3) is 0 Å². The van der Waals surface area contributed by atoms with E-state index < -0.39 is 0 Å². The summed E-state index contributed by atoms with van der Waals surface area (Å²) in [5, 5.41) is 7.23. The van der Waals surface area contributed by atoms with Crippen molar-refractivity contribution in [2.75, 3.05) is 6.54 Å². The summed E-state index contributed by atoms with van der Waals surface area (Å²) in [4.78, 5) is 24.1. The zero-order chi connectivity index (χ0) is 17.8. The Kier molecular flexibility index (Phi) is 5.26. The third-order valence-electron chi connectivity index (χ3n) is 4.53. The van der Waals surface area contributed by atoms with E-state index in [9.17, 15) is 14.0 Å². The molecule has 6 heteroatoms. The van der Waals surface area contributed by atoms with Crippen LogP contribution in [-0.2, 0) is 30.6 Å². The van der Waals surface area contributed by atoms with Crippen molar-refractivity contribution in [3.63, 3.8) is 0 Å². The van der Waals surface area contributed by atoms with Gasteiger partial charge in [0, 0.05) is 12.6 Å². The van der Waals surface area contributed by atoms with Crippen LogP contribution in [0.4, 0.5) is 4.39 Å². The molecule has 5 nitrogen and oxygen atoms in total. The molecule has 132 valence electrons. The summed E-state index contributed by atoms with van der Waals surface area (Å²) in [7, 11) is 0. The molecule has 1 aliphatic carbocycles. The number of carbonyl (C=O) groups excluding carboxylic acids is 1. The minimum atomic E-state index is -0.323. The Labute approximate surface area is 145 Å². The molecule has 1 atom stereocenters. The Morgan fingerprint density at radius 1 is 1.36 bits per heavy atom. The maximum Gasteiger partial charge on any atom is 0.267 e. The zero-order valence-corrected chi connectivity index (χ0v) is 14.3. The predicted molar refractivity (Wildman–Crippen MR) is 92.8 cm³/mol. The van der Waals surface area contributed by atoms with E-state index in [-0.39, 0.29) is 23.7 Å². The molecular formula is C19H22FN3O2. The lowest BCUT2D eigenvalue weighted by atomic mass is 9.88. The van der Waals surface area contributed by atoms with Crippen LogP contribution < -0.4 is 10.9 Å². The summed E-state index contributed by atoms with van der Waals surface area (Å²) in [6.45, 7) is 2.87. The Hall–Kier alpha value is -2.50. The first-order valence-corrected chi connectivity index (χ1v) is 8.62. The highest BCUT2D eigenvalue weighted by molar-refractivity contribution is 5.78. The number of aromatic nitrogens is 2. The lowest BCUT2D eigenvalue weighted by Gasteiger charge is -2.21. The van der Waals surface area contributed by atoms with E-state index >= 15 is 0 Å². The molecule has 0 spiro atoms. The summed E-state index contributed by atoms with van der Waals surface area (Å²) in [5.74, 6) is 0.109. The largest absolute Gasteiger partial charge is 0.354 e. The number of aryl methyl sites for hydroxylation is 1. The van der Waals surface area contributed by atoms with Crippen molar-refractivity contribution in [1.29, 1.82) is 0 Å². The molecule has 0 radical (unpaired) electrons. The Morgan fingerprint density at radius 2 is 2.12 bits per heavy atom. The van der Waals surface area contributed by atoms with Crippen molar-refractivity contribution < 1.29 is 9.18 Å². The first kappa shape index (κ1) is 17.3. The smallest absolute Gasteiger partial charge is 0.267 e. The first-order valence-electron chi connectivity index (χ1n) is 8.62. The van der Waals surface area contributed by atoms with Gasteiger partial charge in [-0.15, -0.1) is 0 Å². The number of hydrogen-bond acceptors (Lipinski definition) is 3. The summed E-state index contributed by atoms with van der Waals surface area (Å²) < 4.78 is 14.3. The van der Waals surface area contributed by atoms with Gasteiger partial charge in [-0.2, -0.15) is 5.10 Å². The standard InChI is InChI=1S/C19H22FN3O2/c1-13-2-7-17-15(10-13)12-19(25)23(22-17)9-8-21-18(24)11-14-3-5-16(20)6-4-14/h3-6,12-13H,2,7-11H2,1H3,(H,21,24)/t13-/m0/s1. The van der Waals surface area contributed by atoms with Gasteiger partial charge in [-0.05, 0) is 48.4 Å². The average Bonchev–Trinajstić information content (AvgIpc) is 2.57. The summed E-state index contributed by atoms with van der Waals surface area (Å²) in [5.41, 5.74) is 2.67. The quantitative estimate of drug-likeness (QED) is 0.901. The van der Waals surface area contributed by atoms with E-state index in [1.165, 1.54) is 16.8 Å². The van der Waals surface area contributed by atoms with E-state index in [4.69, 9.17) is 0 Å². The highest BCUT2D eigenvalue weighted by atomic mass is 19.1. The van der Waals surface area contributed by atoms with Crippen molar-refractivity contribution >= 4 is 5.91 Å². The minimum absolute atomic E-state index is 0.124. The fourth-order valence-corrected chi connectivity index (χ4v) is 3.13. The molecule has 1 aliphatic rings. The predicted octanol–water partition coefficient (Wildman–Crippen LogP) is 1.87. The highest BCUT2D eigenvalue weighted by Gasteiger charge is 2.18. The second-order valence-electron chi connectivity index (χ2n) is 6.68. The third-order valence-corrected chi connectivity index (χ3v) is 4.53. The van der Waals surface area contributed by atoms with Gasteiger partial charge in [0.25, 0.3) is 5.56 Å². The van der Waals surface area contributed by atoms with E-state index in [0.29, 0.717) is 19.0 Å². The topological polar surface area (TPSA) is 64.0 Å². The van der Waals surface area contributed by atoms with Crippen molar-refractivity contribution in [2.24, 2.45) is 5.92 Å². The second kappa shape index (κ2) is 7.59. The molecule has 1 aromatic carbocycles. The highest BCUT2D eigenvalue weighted by Crippen LogP contribution is 2.22. The molecule has 0 bridgehead atoms. The number of rotatable bonds is 5. The van der Waals surface area contributed by atoms with Gasteiger partial charge in [0.1, 0.15) is 5.82 Å². The Bertz CT molecular complexity index is 814. The molecule has 2 aromatic rings. The molecular weight excluding hydrogens is 321 g/mol. The number of carbonyl (C=O) groups is 1. The molecule has 3 rings (SSSR count). The van der Waals surface area contributed by atoms with Crippen LogP contribution in [0.2, 0.25) is 0 Å². The molecule has 1 heterocycles. The number of benzene rings is 1. The van der Waals surface area contributed by atoms with Crippen LogP contribution in [0.3, 0.4) is 0 Å². The van der Waals surface area contributed by atoms with E-state index in [0.717, 1.165) is 36.1 Å². The SMILES string of the molecule is C[C@H]1CCc2nn(CCNC(=O)Cc3ccc(F)cc3)c(=O)cc2C1. The molecule has 25 heavy (non-hydrogen) atoms. The van der Waals surface area contributed by atoms with Crippen LogP contribution >= 0.6 is 0 Å². The monoisotopic (exact) mass is 343 g/mol. The first-order chi connectivity index (χ1) is 12.0. The van der Waals surface area contributed by atoms with Crippen LogP contribution in [0.5, 0.6) is 0 Å². The normalized spacial score (nSPS) is 16.3. The van der Waals surface area contributed by atoms with Gasteiger partial charge in [0.2, 0.25) is 5.91 Å². The van der Waals surface area contributed by atoms with Gasteiger partial charge >= 0.3 is 0 Å². The Morgan fingerprint density at radius 3 is 2.88 bits per heavy atom. The molecule has 1 amide bonds. The van der Waals surface area contributed by atoms with Crippen molar-refractivity contribution in [3.05, 3.63) is 63.3 Å². The van der Waals surface area contributed by atoms with Crippen LogP contribution in [0.15, 0.2) is 35.1 Å². The molecule has 1 N–H and O–H groups in total. The molecule has 0 saturated heterocycles. The van der Waals surface area contributed by atoms with Gasteiger partial charge in [-0.25, -0.2) is 9.07 Å². The number of halogens is 1. The number of amides is 1. The van der Waals surface area contributed by atoms with E-state index in [2.05, 4.69) is 17.3 Å². The van der Waals surface area contributed by atoms with Crippen molar-refractivity contribution in [1.82, 2.24) is 15.1 Å². The summed E-state index contributed by atoms with van der Waals surface area (Å²) >= 11 is 0. The van der Waals surface area contributed by atoms with Crippen molar-refractivity contribution in [2.45, 2.75) is 39.2 Å². The molecule has 0 fully saturated rings. The van der Waals surface area contributed by atoms with Gasteiger partial charge in [-0.1, -0.05) is 19.1 Å². The lowest BCUT2D eigenvalue weighted by Crippen LogP contribution is -2.34. The molecule has 0 saturated carbocycles. The fraction of sp³-hybridized carbons (Fsp3) is 0.421. The van der Waals surface area contributed by atoms with Crippen molar-refractivity contribution in [3.8, 4) is 0 Å². The number of nitrogens with zero attached hydrogens (tertiary/aromatic N) is 2. The van der Waals surface area contributed by atoms with Gasteiger partial charge < -0.3 is 5.32 Å². The minimum Gasteiger partial charge on any atom is -0.354 e. The maximum absolute atomic E-state index is 12.9. The van der Waals surface area contributed by atoms with Gasteiger partial charge in [-0.3, -0.25) is 9.59 Å². The fourth-order valence-electron chi connectivity index (χ4n) is 3.13. The van der Waals surface area contributed by atoms with Crippen LogP contribution in [0.1, 0.15) is 30.2 Å². The van der Waals surface area contributed by atoms with Gasteiger partial charge in [0.15, 0.2) is 0 Å². The molecule has 0 unspecified atom stereocenters. The number of nitrogens with one attached hydrogen (secondary N) is 1. The average molecular weight is 343 g/mol. The number of hydrogen-bond donors (Lipinski definition) is 1. The lowest BCUT2D eigenvalue weighted by molar-refractivity contribution is -0.120. The van der Waals surface area contributed by atoms with Gasteiger partial charge in [0.05, 0.1) is 18.7 Å². The van der Waals surface area contributed by atoms with E-state index in [1.807, 2.05) is 0 Å². The summed E-state index contributed by atoms with van der Waals surface area (Å²) in [6, 6.07) is 7.52. The molecule has 1 aromatic heterocycles. The summed E-state index contributed by atoms with van der Waals surface area (Å²) in [6.07, 6.45) is 3.08. The molecule has 0 aliphatic heterocycles. The second-order valence-corrected chi connectivity index (χ2v) is 6.68. The third kappa shape index (κ3) is 4.53. The van der Waals surface area contributed by atoms with Crippen LogP contribution in [0, 0.1) is 11.7 Å². The van der Waals surface area contributed by atoms with E-state index in [1.54, 1.807) is 18.2 Å². The zero-order valence-electron chi connectivity index (χ0n) is 14.3. The van der Waals surface area contributed by atoms with Crippen LogP contribution in [-0.4, -0.2) is 22.2 Å². The maximum atomic E-state index is 12.9. The number of fused-ring (bicyclic) bond motifs is 1.